The predicted octanol–water partition coefficient (Wildman–Crippen LogP) is 0.437. The van der Waals surface area contributed by atoms with Crippen molar-refractivity contribution >= 4 is 17.9 Å². The first kappa shape index (κ1) is 10.8. The number of hydrogen-bond acceptors (Lipinski definition) is 6. The van der Waals surface area contributed by atoms with Gasteiger partial charge in [-0.25, -0.2) is 23.2 Å². The molecule has 2 aliphatic rings. The number of ether oxygens (including phenoxy) is 2. The molecule has 8 heteroatoms. The number of esters is 3. The van der Waals surface area contributed by atoms with Gasteiger partial charge in [0.05, 0.1) is 5.56 Å². The Morgan fingerprint density at radius 2 is 1.44 bits per heavy atom. The topological polar surface area (TPSA) is 89.9 Å². The van der Waals surface area contributed by atoms with Crippen LogP contribution in [-0.2, 0) is 9.47 Å². The molecule has 1 atom stereocenters. The van der Waals surface area contributed by atoms with Crippen molar-refractivity contribution in [3.63, 3.8) is 0 Å². The molecular formula is C10H2F2O6. The Morgan fingerprint density at radius 3 is 2.06 bits per heavy atom. The van der Waals surface area contributed by atoms with Crippen LogP contribution in [0.5, 0.6) is 0 Å². The molecule has 0 aliphatic carbocycles. The Balaban J connectivity index is 2.47. The molecule has 0 fully saturated rings. The Kier molecular flexibility index (Phi) is 1.86. The highest BCUT2D eigenvalue weighted by Crippen LogP contribution is 2.38. The van der Waals surface area contributed by atoms with Crippen LogP contribution in [0.2, 0.25) is 0 Å². The van der Waals surface area contributed by atoms with Crippen LogP contribution in [0.4, 0.5) is 8.78 Å². The molecule has 92 valence electrons. The smallest absolute Gasteiger partial charge is 0.350 e. The normalized spacial score (nSPS) is 20.6. The molecule has 0 saturated carbocycles. The molecule has 0 spiro atoms. The van der Waals surface area contributed by atoms with Crippen molar-refractivity contribution in [2.75, 3.05) is 0 Å². The van der Waals surface area contributed by atoms with Gasteiger partial charge in [-0.3, -0.25) is 0 Å². The number of rotatable bonds is 0. The molecule has 1 N–H and O–H groups in total. The summed E-state index contributed by atoms with van der Waals surface area (Å²) >= 11 is 0. The van der Waals surface area contributed by atoms with Crippen LogP contribution in [0, 0.1) is 11.6 Å². The van der Waals surface area contributed by atoms with Crippen molar-refractivity contribution in [3.8, 4) is 0 Å². The van der Waals surface area contributed by atoms with Crippen molar-refractivity contribution in [2.24, 2.45) is 0 Å². The van der Waals surface area contributed by atoms with E-state index in [2.05, 4.69) is 9.47 Å². The van der Waals surface area contributed by atoms with E-state index in [9.17, 15) is 28.3 Å². The van der Waals surface area contributed by atoms with Gasteiger partial charge in [0.1, 0.15) is 22.5 Å². The minimum absolute atomic E-state index is 0.803. The van der Waals surface area contributed by atoms with Crippen LogP contribution >= 0.6 is 0 Å². The third-order valence-electron chi connectivity index (χ3n) is 2.68. The molecule has 6 nitrogen and oxygen atoms in total. The number of cyclic esters (lactones) is 3. The lowest BCUT2D eigenvalue weighted by atomic mass is 9.98. The second kappa shape index (κ2) is 3.10. The van der Waals surface area contributed by atoms with Crippen LogP contribution in [0.1, 0.15) is 42.9 Å². The molecule has 1 aromatic rings. The molecule has 0 radical (unpaired) electrons. The average molecular weight is 256 g/mol. The lowest BCUT2D eigenvalue weighted by molar-refractivity contribution is -0.0562. The first-order chi connectivity index (χ1) is 8.43. The van der Waals surface area contributed by atoms with E-state index >= 15 is 0 Å². The van der Waals surface area contributed by atoms with Gasteiger partial charge < -0.3 is 14.6 Å². The summed E-state index contributed by atoms with van der Waals surface area (Å²) in [6.07, 6.45) is -2.02. The number of benzene rings is 1. The Labute approximate surface area is 96.7 Å². The van der Waals surface area contributed by atoms with Crippen molar-refractivity contribution in [1.29, 1.82) is 0 Å². The Morgan fingerprint density at radius 1 is 0.889 bits per heavy atom. The molecule has 0 amide bonds. The van der Waals surface area contributed by atoms with Gasteiger partial charge in [0.25, 0.3) is 0 Å². The zero-order valence-corrected chi connectivity index (χ0v) is 8.32. The van der Waals surface area contributed by atoms with E-state index < -0.39 is 58.1 Å². The number of aliphatic hydroxyl groups is 1. The van der Waals surface area contributed by atoms with Crippen molar-refractivity contribution < 1.29 is 37.7 Å². The standard InChI is InChI=1S/C10H2F2O6/c11-5-1-2(8(14)17-7(1)13)6(12)4-3(5)9(15)18-10(4)16/h7,13H. The van der Waals surface area contributed by atoms with Gasteiger partial charge in [-0.15, -0.1) is 0 Å². The first-order valence-electron chi connectivity index (χ1n) is 4.64. The second-order valence-corrected chi connectivity index (χ2v) is 3.60. The zero-order chi connectivity index (χ0) is 13.2. The predicted molar refractivity (Wildman–Crippen MR) is 46.5 cm³/mol. The summed E-state index contributed by atoms with van der Waals surface area (Å²) in [5.74, 6) is -6.90. The summed E-state index contributed by atoms with van der Waals surface area (Å²) in [6, 6.07) is 0. The first-order valence-corrected chi connectivity index (χ1v) is 4.64. The third-order valence-corrected chi connectivity index (χ3v) is 2.68. The highest BCUT2D eigenvalue weighted by Gasteiger charge is 2.46. The second-order valence-electron chi connectivity index (χ2n) is 3.60. The maximum atomic E-state index is 13.9. The summed E-state index contributed by atoms with van der Waals surface area (Å²) < 4.78 is 36.0. The molecule has 2 heterocycles. The van der Waals surface area contributed by atoms with Gasteiger partial charge in [0.2, 0.25) is 6.29 Å². The number of hydrogen-bond donors (Lipinski definition) is 1. The Hall–Kier alpha value is -2.35. The summed E-state index contributed by atoms with van der Waals surface area (Å²) in [6.45, 7) is 0. The summed E-state index contributed by atoms with van der Waals surface area (Å²) in [5.41, 5.74) is -3.59. The van der Waals surface area contributed by atoms with Gasteiger partial charge in [-0.2, -0.15) is 0 Å². The van der Waals surface area contributed by atoms with Gasteiger partial charge in [-0.05, 0) is 0 Å². The fraction of sp³-hybridized carbons (Fsp3) is 0.100. The van der Waals surface area contributed by atoms with Crippen LogP contribution in [0.15, 0.2) is 0 Å². The minimum atomic E-state index is -2.02. The van der Waals surface area contributed by atoms with E-state index in [0.717, 1.165) is 0 Å². The van der Waals surface area contributed by atoms with E-state index in [1.165, 1.54) is 0 Å². The largest absolute Gasteiger partial charge is 0.428 e. The summed E-state index contributed by atoms with van der Waals surface area (Å²) in [5, 5.41) is 9.25. The number of carbonyl (C=O) groups is 3. The number of aliphatic hydroxyl groups excluding tert-OH is 1. The number of fused-ring (bicyclic) bond motifs is 2. The summed E-state index contributed by atoms with van der Waals surface area (Å²) in [4.78, 5) is 33.6. The van der Waals surface area contributed by atoms with Gasteiger partial charge in [-0.1, -0.05) is 0 Å². The monoisotopic (exact) mass is 256 g/mol. The van der Waals surface area contributed by atoms with Crippen LogP contribution in [-0.4, -0.2) is 23.0 Å². The van der Waals surface area contributed by atoms with Gasteiger partial charge in [0, 0.05) is 0 Å². The van der Waals surface area contributed by atoms with Crippen molar-refractivity contribution in [2.45, 2.75) is 6.29 Å². The lowest BCUT2D eigenvalue weighted by Crippen LogP contribution is -2.09. The molecule has 0 saturated heterocycles. The molecule has 1 unspecified atom stereocenters. The van der Waals surface area contributed by atoms with E-state index in [-0.39, 0.29) is 0 Å². The Bertz CT molecular complexity index is 651. The molecular weight excluding hydrogens is 254 g/mol. The summed E-state index contributed by atoms with van der Waals surface area (Å²) in [7, 11) is 0. The molecule has 1 aromatic carbocycles. The quantitative estimate of drug-likeness (QED) is 0.535. The highest BCUT2D eigenvalue weighted by molar-refractivity contribution is 6.16. The van der Waals surface area contributed by atoms with Crippen molar-refractivity contribution in [3.05, 3.63) is 33.9 Å². The maximum absolute atomic E-state index is 13.9. The van der Waals surface area contributed by atoms with Crippen LogP contribution < -0.4 is 0 Å². The van der Waals surface area contributed by atoms with E-state index in [1.54, 1.807) is 0 Å². The molecule has 18 heavy (non-hydrogen) atoms. The minimum Gasteiger partial charge on any atom is -0.428 e. The van der Waals surface area contributed by atoms with E-state index in [0.29, 0.717) is 0 Å². The fourth-order valence-corrected chi connectivity index (χ4v) is 1.93. The molecule has 0 aromatic heterocycles. The maximum Gasteiger partial charge on any atom is 0.350 e. The van der Waals surface area contributed by atoms with Crippen molar-refractivity contribution in [1.82, 2.24) is 0 Å². The molecule has 3 rings (SSSR count). The van der Waals surface area contributed by atoms with E-state index in [4.69, 9.17) is 0 Å². The number of carbonyl (C=O) groups excluding carboxylic acids is 3. The van der Waals surface area contributed by atoms with Gasteiger partial charge >= 0.3 is 17.9 Å². The average Bonchev–Trinajstić information content (AvgIpc) is 2.73. The van der Waals surface area contributed by atoms with Crippen LogP contribution in [0.3, 0.4) is 0 Å². The highest BCUT2D eigenvalue weighted by atomic mass is 19.1. The molecule has 0 bridgehead atoms. The fourth-order valence-electron chi connectivity index (χ4n) is 1.93. The van der Waals surface area contributed by atoms with E-state index in [1.807, 2.05) is 0 Å². The van der Waals surface area contributed by atoms with Crippen LogP contribution in [0.25, 0.3) is 0 Å². The lowest BCUT2D eigenvalue weighted by Gasteiger charge is -2.05. The number of halogens is 2. The SMILES string of the molecule is O=C1OC(=O)c2c(F)c3c(c(F)c21)C(=O)OC3O. The zero-order valence-electron chi connectivity index (χ0n) is 8.32. The molecule has 2 aliphatic heterocycles. The van der Waals surface area contributed by atoms with Gasteiger partial charge in [0.15, 0.2) is 5.82 Å². The third kappa shape index (κ3) is 1.05.